The molecule has 33 heavy (non-hydrogen) atoms. The molecule has 0 aliphatic carbocycles. The van der Waals surface area contributed by atoms with Crippen molar-refractivity contribution < 1.29 is 14.3 Å². The van der Waals surface area contributed by atoms with E-state index in [1.54, 1.807) is 48.9 Å². The number of rotatable bonds is 7. The number of aryl methyl sites for hydroxylation is 1. The highest BCUT2D eigenvalue weighted by atomic mass is 19.1. The van der Waals surface area contributed by atoms with Crippen LogP contribution in [0.5, 0.6) is 5.75 Å². The molecule has 0 unspecified atom stereocenters. The first-order valence-corrected chi connectivity index (χ1v) is 10.3. The number of pyridine rings is 1. The second-order valence-corrected chi connectivity index (χ2v) is 7.55. The summed E-state index contributed by atoms with van der Waals surface area (Å²) in [6.07, 6.45) is 3.88. The van der Waals surface area contributed by atoms with Crippen molar-refractivity contribution in [2.24, 2.45) is 0 Å². The Labute approximate surface area is 189 Å². The molecular formula is C24H23FN6O2. The molecule has 1 amide bonds. The summed E-state index contributed by atoms with van der Waals surface area (Å²) in [4.78, 5) is 23.7. The molecule has 6 N–H and O–H groups in total. The molecule has 0 fully saturated rings. The number of imidazole rings is 1. The van der Waals surface area contributed by atoms with E-state index in [0.29, 0.717) is 35.6 Å². The van der Waals surface area contributed by atoms with Crippen molar-refractivity contribution >= 4 is 23.1 Å². The van der Waals surface area contributed by atoms with Crippen LogP contribution in [-0.4, -0.2) is 32.5 Å². The molecule has 0 aliphatic rings. The van der Waals surface area contributed by atoms with Gasteiger partial charge in [0.25, 0.3) is 5.91 Å². The zero-order valence-electron chi connectivity index (χ0n) is 17.9. The fourth-order valence-electron chi connectivity index (χ4n) is 3.34. The van der Waals surface area contributed by atoms with Crippen LogP contribution in [0.25, 0.3) is 11.3 Å². The first-order chi connectivity index (χ1) is 15.9. The van der Waals surface area contributed by atoms with Gasteiger partial charge in [0.2, 0.25) is 0 Å². The molecule has 0 radical (unpaired) electrons. The zero-order valence-corrected chi connectivity index (χ0v) is 17.9. The maximum Gasteiger partial charge on any atom is 0.255 e. The number of benzene rings is 2. The average Bonchev–Trinajstić information content (AvgIpc) is 3.30. The minimum Gasteiger partial charge on any atom is -0.507 e. The molecule has 168 valence electrons. The standard InChI is InChI=1S/C24H23FN6O2/c1-14-2-5-21(19(25)10-14)30-15-3-7-22(32)18(11-15)20-6-4-17(23(26)31-20)24(33)28-9-8-16-12-27-13-29-16/h2-7,10-13,30,32H,8-9H2,1H3,(H2,26,31)(H,27,29)(H,28,33). The summed E-state index contributed by atoms with van der Waals surface area (Å²) in [6.45, 7) is 2.22. The van der Waals surface area contributed by atoms with E-state index in [1.165, 1.54) is 12.1 Å². The number of halogens is 1. The first kappa shape index (κ1) is 21.8. The van der Waals surface area contributed by atoms with Crippen molar-refractivity contribution in [3.05, 3.63) is 83.7 Å². The number of nitrogens with one attached hydrogen (secondary N) is 3. The van der Waals surface area contributed by atoms with E-state index in [1.807, 2.05) is 6.92 Å². The van der Waals surface area contributed by atoms with Crippen molar-refractivity contribution in [1.29, 1.82) is 0 Å². The van der Waals surface area contributed by atoms with E-state index >= 15 is 0 Å². The summed E-state index contributed by atoms with van der Waals surface area (Å²) in [6, 6.07) is 12.8. The third-order valence-corrected chi connectivity index (χ3v) is 5.08. The molecule has 0 saturated heterocycles. The number of nitrogens with zero attached hydrogens (tertiary/aromatic N) is 2. The van der Waals surface area contributed by atoms with Crippen LogP contribution in [-0.2, 0) is 6.42 Å². The number of carbonyl (C=O) groups excluding carboxylic acids is 1. The van der Waals surface area contributed by atoms with Gasteiger partial charge in [0.1, 0.15) is 17.4 Å². The molecule has 4 rings (SSSR count). The monoisotopic (exact) mass is 446 g/mol. The van der Waals surface area contributed by atoms with Crippen LogP contribution in [0.4, 0.5) is 21.6 Å². The number of amides is 1. The quantitative estimate of drug-likeness (QED) is 0.274. The van der Waals surface area contributed by atoms with Crippen molar-refractivity contribution in [2.75, 3.05) is 17.6 Å². The Hall–Kier alpha value is -4.40. The highest BCUT2D eigenvalue weighted by molar-refractivity contribution is 5.98. The number of H-pyrrole nitrogens is 1. The summed E-state index contributed by atoms with van der Waals surface area (Å²) in [5.41, 5.74) is 9.64. The molecule has 2 aromatic carbocycles. The van der Waals surface area contributed by atoms with Gasteiger partial charge in [-0.2, -0.15) is 0 Å². The van der Waals surface area contributed by atoms with Gasteiger partial charge in [-0.25, -0.2) is 14.4 Å². The summed E-state index contributed by atoms with van der Waals surface area (Å²) in [7, 11) is 0. The zero-order chi connectivity index (χ0) is 23.4. The van der Waals surface area contributed by atoms with E-state index in [9.17, 15) is 14.3 Å². The van der Waals surface area contributed by atoms with Gasteiger partial charge in [0.05, 0.1) is 23.3 Å². The largest absolute Gasteiger partial charge is 0.507 e. The minimum atomic E-state index is -0.380. The molecule has 2 heterocycles. The molecule has 0 saturated carbocycles. The van der Waals surface area contributed by atoms with Gasteiger partial charge in [-0.3, -0.25) is 4.79 Å². The number of hydrogen-bond acceptors (Lipinski definition) is 6. The maximum atomic E-state index is 14.2. The molecule has 0 aliphatic heterocycles. The van der Waals surface area contributed by atoms with Gasteiger partial charge in [0.15, 0.2) is 0 Å². The number of nitrogens with two attached hydrogens (primary N) is 1. The number of aromatic amines is 1. The fourth-order valence-corrected chi connectivity index (χ4v) is 3.34. The molecule has 2 aromatic heterocycles. The predicted octanol–water partition coefficient (Wildman–Crippen LogP) is 3.92. The lowest BCUT2D eigenvalue weighted by Crippen LogP contribution is -2.26. The van der Waals surface area contributed by atoms with E-state index in [0.717, 1.165) is 11.3 Å². The Kier molecular flexibility index (Phi) is 6.21. The van der Waals surface area contributed by atoms with E-state index in [-0.39, 0.29) is 28.9 Å². The number of phenols is 1. The van der Waals surface area contributed by atoms with Crippen LogP contribution in [0.15, 0.2) is 61.1 Å². The first-order valence-electron chi connectivity index (χ1n) is 10.3. The van der Waals surface area contributed by atoms with Gasteiger partial charge in [-0.1, -0.05) is 6.07 Å². The van der Waals surface area contributed by atoms with Gasteiger partial charge in [0, 0.05) is 36.1 Å². The van der Waals surface area contributed by atoms with Crippen molar-refractivity contribution in [3.63, 3.8) is 0 Å². The Morgan fingerprint density at radius 2 is 2.03 bits per heavy atom. The maximum absolute atomic E-state index is 14.2. The van der Waals surface area contributed by atoms with Crippen LogP contribution >= 0.6 is 0 Å². The number of anilines is 3. The van der Waals surface area contributed by atoms with Gasteiger partial charge < -0.3 is 26.5 Å². The number of hydrogen-bond donors (Lipinski definition) is 5. The second-order valence-electron chi connectivity index (χ2n) is 7.55. The smallest absolute Gasteiger partial charge is 0.255 e. The number of phenolic OH excluding ortho intramolecular Hbond substituents is 1. The van der Waals surface area contributed by atoms with Crippen LogP contribution < -0.4 is 16.4 Å². The fraction of sp³-hybridized carbons (Fsp3) is 0.125. The third-order valence-electron chi connectivity index (χ3n) is 5.08. The number of aromatic hydroxyl groups is 1. The van der Waals surface area contributed by atoms with Gasteiger partial charge >= 0.3 is 0 Å². The lowest BCUT2D eigenvalue weighted by Gasteiger charge is -2.12. The number of nitrogen functional groups attached to an aromatic ring is 1. The van der Waals surface area contributed by atoms with Crippen molar-refractivity contribution in [2.45, 2.75) is 13.3 Å². The molecule has 0 bridgehead atoms. The van der Waals surface area contributed by atoms with Crippen LogP contribution in [0, 0.1) is 12.7 Å². The molecule has 8 nitrogen and oxygen atoms in total. The average molecular weight is 446 g/mol. The summed E-state index contributed by atoms with van der Waals surface area (Å²) in [5, 5.41) is 16.1. The predicted molar refractivity (Wildman–Crippen MR) is 125 cm³/mol. The highest BCUT2D eigenvalue weighted by Gasteiger charge is 2.14. The number of aromatic nitrogens is 3. The lowest BCUT2D eigenvalue weighted by atomic mass is 10.1. The normalized spacial score (nSPS) is 10.7. The molecule has 4 aromatic rings. The van der Waals surface area contributed by atoms with E-state index in [4.69, 9.17) is 5.73 Å². The van der Waals surface area contributed by atoms with E-state index < -0.39 is 0 Å². The minimum absolute atomic E-state index is 0.0198. The van der Waals surface area contributed by atoms with Crippen LogP contribution in [0.3, 0.4) is 0 Å². The third kappa shape index (κ3) is 5.09. The van der Waals surface area contributed by atoms with Crippen molar-refractivity contribution in [1.82, 2.24) is 20.3 Å². The summed E-state index contributed by atoms with van der Waals surface area (Å²) in [5.74, 6) is -0.710. The van der Waals surface area contributed by atoms with Gasteiger partial charge in [-0.15, -0.1) is 0 Å². The van der Waals surface area contributed by atoms with Crippen LogP contribution in [0.1, 0.15) is 21.6 Å². The summed E-state index contributed by atoms with van der Waals surface area (Å²) >= 11 is 0. The highest BCUT2D eigenvalue weighted by Crippen LogP contribution is 2.33. The molecule has 0 atom stereocenters. The molecule has 0 spiro atoms. The Balaban J connectivity index is 1.50. The second kappa shape index (κ2) is 9.39. The Morgan fingerprint density at radius 3 is 2.76 bits per heavy atom. The Bertz CT molecular complexity index is 1290. The van der Waals surface area contributed by atoms with Crippen molar-refractivity contribution in [3.8, 4) is 17.0 Å². The van der Waals surface area contributed by atoms with E-state index in [2.05, 4.69) is 25.6 Å². The van der Waals surface area contributed by atoms with Gasteiger partial charge in [-0.05, 0) is 55.0 Å². The van der Waals surface area contributed by atoms with Crippen LogP contribution in [0.2, 0.25) is 0 Å². The SMILES string of the molecule is Cc1ccc(Nc2ccc(O)c(-c3ccc(C(=O)NCCc4cnc[nH]4)c(N)n3)c2)c(F)c1. The number of carbonyl (C=O) groups is 1. The summed E-state index contributed by atoms with van der Waals surface area (Å²) < 4.78 is 14.2. The topological polar surface area (TPSA) is 129 Å². The Morgan fingerprint density at radius 1 is 1.18 bits per heavy atom. The lowest BCUT2D eigenvalue weighted by molar-refractivity contribution is 0.0954. The molecule has 9 heteroatoms. The molecular weight excluding hydrogens is 423 g/mol.